The first-order chi connectivity index (χ1) is 9.66. The molecule has 0 bridgehead atoms. The lowest BCUT2D eigenvalue weighted by Gasteiger charge is -2.06. The van der Waals surface area contributed by atoms with Crippen LogP contribution in [-0.4, -0.2) is 44.3 Å². The number of nitro groups is 1. The summed E-state index contributed by atoms with van der Waals surface area (Å²) in [5, 5.41) is 13.4. The van der Waals surface area contributed by atoms with Gasteiger partial charge in [-0.1, -0.05) is 12.1 Å². The van der Waals surface area contributed by atoms with Crippen molar-refractivity contribution in [1.82, 2.24) is 5.32 Å². The number of benzene rings is 1. The monoisotopic (exact) mass is 282 g/mol. The highest BCUT2D eigenvalue weighted by atomic mass is 16.6. The Balaban J connectivity index is 2.35. The summed E-state index contributed by atoms with van der Waals surface area (Å²) in [4.78, 5) is 22.1. The van der Waals surface area contributed by atoms with Gasteiger partial charge in [0.05, 0.1) is 18.1 Å². The lowest BCUT2D eigenvalue weighted by molar-refractivity contribution is -0.385. The minimum absolute atomic E-state index is 0.0674. The quantitative estimate of drug-likeness (QED) is 0.420. The number of hydrogen-bond acceptors (Lipinski definition) is 5. The van der Waals surface area contributed by atoms with Gasteiger partial charge in [-0.3, -0.25) is 14.9 Å². The van der Waals surface area contributed by atoms with Gasteiger partial charge < -0.3 is 14.8 Å². The van der Waals surface area contributed by atoms with Crippen LogP contribution in [0.3, 0.4) is 0 Å². The maximum Gasteiger partial charge on any atom is 0.282 e. The third-order valence-electron chi connectivity index (χ3n) is 2.53. The average molecular weight is 282 g/mol. The molecular weight excluding hydrogens is 264 g/mol. The normalized spacial score (nSPS) is 10.2. The number of carbonyl (C=O) groups excluding carboxylic acids is 1. The predicted molar refractivity (Wildman–Crippen MR) is 72.7 cm³/mol. The Hall–Kier alpha value is -1.99. The SMILES string of the molecule is COCCOCCCNC(=O)c1ccccc1[N+](=O)[O-]. The van der Waals surface area contributed by atoms with Gasteiger partial charge in [-0.05, 0) is 12.5 Å². The highest BCUT2D eigenvalue weighted by molar-refractivity contribution is 5.98. The summed E-state index contributed by atoms with van der Waals surface area (Å²) in [7, 11) is 1.59. The van der Waals surface area contributed by atoms with Crippen LogP contribution < -0.4 is 5.32 Å². The zero-order valence-electron chi connectivity index (χ0n) is 11.3. The fourth-order valence-corrected chi connectivity index (χ4v) is 1.54. The molecule has 0 aliphatic heterocycles. The Morgan fingerprint density at radius 3 is 2.75 bits per heavy atom. The number of methoxy groups -OCH3 is 1. The molecule has 1 N–H and O–H groups in total. The third kappa shape index (κ3) is 5.33. The third-order valence-corrected chi connectivity index (χ3v) is 2.53. The van der Waals surface area contributed by atoms with Gasteiger partial charge in [0.2, 0.25) is 0 Å². The molecule has 110 valence electrons. The largest absolute Gasteiger partial charge is 0.382 e. The van der Waals surface area contributed by atoms with E-state index in [1.165, 1.54) is 18.2 Å². The summed E-state index contributed by atoms with van der Waals surface area (Å²) in [6, 6.07) is 5.86. The van der Waals surface area contributed by atoms with Crippen molar-refractivity contribution < 1.29 is 19.2 Å². The highest BCUT2D eigenvalue weighted by Gasteiger charge is 2.18. The maximum absolute atomic E-state index is 11.8. The van der Waals surface area contributed by atoms with E-state index in [-0.39, 0.29) is 11.3 Å². The summed E-state index contributed by atoms with van der Waals surface area (Å²) in [6.07, 6.45) is 0.635. The van der Waals surface area contributed by atoms with E-state index < -0.39 is 10.8 Å². The Labute approximate surface area is 117 Å². The van der Waals surface area contributed by atoms with E-state index in [2.05, 4.69) is 5.32 Å². The van der Waals surface area contributed by atoms with Crippen LogP contribution in [0.2, 0.25) is 0 Å². The van der Waals surface area contributed by atoms with Crippen LogP contribution in [0.1, 0.15) is 16.8 Å². The number of hydrogen-bond donors (Lipinski definition) is 1. The summed E-state index contributed by atoms with van der Waals surface area (Å²) in [5.41, 5.74) is -0.126. The molecule has 1 aromatic rings. The standard InChI is InChI=1S/C13H18N2O5/c1-19-9-10-20-8-4-7-14-13(16)11-5-2-3-6-12(11)15(17)18/h2-3,5-6H,4,7-10H2,1H3,(H,14,16). The molecule has 0 saturated heterocycles. The lowest BCUT2D eigenvalue weighted by Crippen LogP contribution is -2.26. The van der Waals surface area contributed by atoms with E-state index in [4.69, 9.17) is 9.47 Å². The van der Waals surface area contributed by atoms with Crippen LogP contribution in [0.4, 0.5) is 5.69 Å². The van der Waals surface area contributed by atoms with Crippen LogP contribution in [0.15, 0.2) is 24.3 Å². The topological polar surface area (TPSA) is 90.7 Å². The summed E-state index contributed by atoms with van der Waals surface area (Å²) in [5.74, 6) is -0.450. The first kappa shape index (κ1) is 16.1. The molecule has 0 saturated carbocycles. The molecular formula is C13H18N2O5. The number of para-hydroxylation sites is 1. The minimum Gasteiger partial charge on any atom is -0.382 e. The van der Waals surface area contributed by atoms with Crippen LogP contribution in [-0.2, 0) is 9.47 Å². The van der Waals surface area contributed by atoms with Gasteiger partial charge in [-0.2, -0.15) is 0 Å². The second-order valence-electron chi connectivity index (χ2n) is 3.99. The number of nitrogens with one attached hydrogen (secondary N) is 1. The fraction of sp³-hybridized carbons (Fsp3) is 0.462. The molecule has 7 heteroatoms. The Morgan fingerprint density at radius 2 is 2.05 bits per heavy atom. The summed E-state index contributed by atoms with van der Waals surface area (Å²) in [6.45, 7) is 1.94. The fourth-order valence-electron chi connectivity index (χ4n) is 1.54. The number of nitro benzene ring substituents is 1. The van der Waals surface area contributed by atoms with Crippen molar-refractivity contribution in [2.75, 3.05) is 33.5 Å². The van der Waals surface area contributed by atoms with Crippen LogP contribution in [0.25, 0.3) is 0 Å². The zero-order valence-corrected chi connectivity index (χ0v) is 11.3. The molecule has 1 amide bonds. The number of ether oxygens (including phenoxy) is 2. The molecule has 0 radical (unpaired) electrons. The molecule has 0 aromatic heterocycles. The van der Waals surface area contributed by atoms with Gasteiger partial charge in [-0.15, -0.1) is 0 Å². The van der Waals surface area contributed by atoms with Gasteiger partial charge in [0, 0.05) is 26.3 Å². The van der Waals surface area contributed by atoms with E-state index in [0.717, 1.165) is 0 Å². The van der Waals surface area contributed by atoms with E-state index >= 15 is 0 Å². The van der Waals surface area contributed by atoms with Crippen LogP contribution in [0, 0.1) is 10.1 Å². The van der Waals surface area contributed by atoms with Crippen molar-refractivity contribution in [3.8, 4) is 0 Å². The van der Waals surface area contributed by atoms with Crippen LogP contribution >= 0.6 is 0 Å². The van der Waals surface area contributed by atoms with Gasteiger partial charge in [-0.25, -0.2) is 0 Å². The van der Waals surface area contributed by atoms with E-state index in [1.54, 1.807) is 13.2 Å². The molecule has 0 aliphatic rings. The van der Waals surface area contributed by atoms with Crippen molar-refractivity contribution >= 4 is 11.6 Å². The zero-order chi connectivity index (χ0) is 14.8. The van der Waals surface area contributed by atoms with Gasteiger partial charge in [0.25, 0.3) is 11.6 Å². The minimum atomic E-state index is -0.567. The number of nitrogens with zero attached hydrogens (tertiary/aromatic N) is 1. The number of carbonyl (C=O) groups is 1. The molecule has 20 heavy (non-hydrogen) atoms. The Kier molecular flexibility index (Phi) is 7.23. The lowest BCUT2D eigenvalue weighted by atomic mass is 10.1. The second-order valence-corrected chi connectivity index (χ2v) is 3.99. The molecule has 0 unspecified atom stereocenters. The van der Waals surface area contributed by atoms with E-state index in [1.807, 2.05) is 0 Å². The molecule has 1 rings (SSSR count). The number of rotatable bonds is 9. The van der Waals surface area contributed by atoms with Crippen LogP contribution in [0.5, 0.6) is 0 Å². The highest BCUT2D eigenvalue weighted by Crippen LogP contribution is 2.17. The smallest absolute Gasteiger partial charge is 0.282 e. The van der Waals surface area contributed by atoms with Gasteiger partial charge in [0.1, 0.15) is 5.56 Å². The maximum atomic E-state index is 11.8. The molecule has 0 spiro atoms. The molecule has 0 atom stereocenters. The molecule has 0 heterocycles. The average Bonchev–Trinajstić information content (AvgIpc) is 2.46. The molecule has 7 nitrogen and oxygen atoms in total. The predicted octanol–water partition coefficient (Wildman–Crippen LogP) is 1.38. The van der Waals surface area contributed by atoms with E-state index in [9.17, 15) is 14.9 Å². The van der Waals surface area contributed by atoms with Crippen molar-refractivity contribution in [3.63, 3.8) is 0 Å². The molecule has 0 fully saturated rings. The Morgan fingerprint density at radius 1 is 1.30 bits per heavy atom. The van der Waals surface area contributed by atoms with Crippen molar-refractivity contribution in [2.24, 2.45) is 0 Å². The van der Waals surface area contributed by atoms with Gasteiger partial charge >= 0.3 is 0 Å². The Bertz CT molecular complexity index is 450. The first-order valence-electron chi connectivity index (χ1n) is 6.25. The van der Waals surface area contributed by atoms with Crippen molar-refractivity contribution in [2.45, 2.75) is 6.42 Å². The second kappa shape index (κ2) is 9.00. The molecule has 1 aromatic carbocycles. The van der Waals surface area contributed by atoms with Crippen molar-refractivity contribution in [1.29, 1.82) is 0 Å². The first-order valence-corrected chi connectivity index (χ1v) is 6.25. The number of amides is 1. The van der Waals surface area contributed by atoms with E-state index in [0.29, 0.717) is 32.8 Å². The summed E-state index contributed by atoms with van der Waals surface area (Å²) >= 11 is 0. The van der Waals surface area contributed by atoms with Crippen molar-refractivity contribution in [3.05, 3.63) is 39.9 Å². The van der Waals surface area contributed by atoms with Gasteiger partial charge in [0.15, 0.2) is 0 Å². The molecule has 0 aliphatic carbocycles. The summed E-state index contributed by atoms with van der Waals surface area (Å²) < 4.78 is 10.1.